The molecule has 0 unspecified atom stereocenters. The lowest BCUT2D eigenvalue weighted by atomic mass is 9.96. The van der Waals surface area contributed by atoms with Crippen LogP contribution in [0.25, 0.3) is 0 Å². The number of piperidine rings is 1. The highest BCUT2D eigenvalue weighted by Crippen LogP contribution is 2.29. The van der Waals surface area contributed by atoms with Crippen LogP contribution >= 0.6 is 11.6 Å². The fourth-order valence-electron chi connectivity index (χ4n) is 2.62. The molecular formula is C14H20ClFN2O2S. The van der Waals surface area contributed by atoms with Gasteiger partial charge in [0.05, 0.1) is 9.92 Å². The van der Waals surface area contributed by atoms with Crippen LogP contribution in [0.3, 0.4) is 0 Å². The average molecular weight is 335 g/mol. The molecule has 1 aromatic carbocycles. The van der Waals surface area contributed by atoms with Crippen LogP contribution in [0.5, 0.6) is 0 Å². The Kier molecular flexibility index (Phi) is 5.24. The maximum Gasteiger partial charge on any atom is 0.243 e. The van der Waals surface area contributed by atoms with Gasteiger partial charge in [-0.25, -0.2) is 12.8 Å². The van der Waals surface area contributed by atoms with E-state index in [9.17, 15) is 12.8 Å². The van der Waals surface area contributed by atoms with Crippen molar-refractivity contribution < 1.29 is 12.8 Å². The second-order valence-corrected chi connectivity index (χ2v) is 7.65. The number of nitrogens with two attached hydrogens (primary N) is 1. The lowest BCUT2D eigenvalue weighted by Gasteiger charge is -2.30. The van der Waals surface area contributed by atoms with Crippen LogP contribution in [-0.2, 0) is 16.6 Å². The van der Waals surface area contributed by atoms with E-state index < -0.39 is 15.8 Å². The molecule has 1 aromatic rings. The summed E-state index contributed by atoms with van der Waals surface area (Å²) in [6.45, 7) is 3.06. The summed E-state index contributed by atoms with van der Waals surface area (Å²) in [5, 5.41) is -0.110. The van der Waals surface area contributed by atoms with Crippen LogP contribution in [0.2, 0.25) is 5.02 Å². The van der Waals surface area contributed by atoms with E-state index in [1.165, 1.54) is 10.4 Å². The minimum atomic E-state index is -3.69. The summed E-state index contributed by atoms with van der Waals surface area (Å²) in [7, 11) is -3.69. The summed E-state index contributed by atoms with van der Waals surface area (Å²) in [6.07, 6.45) is 2.74. The van der Waals surface area contributed by atoms with Gasteiger partial charge in [0.25, 0.3) is 0 Å². The minimum Gasteiger partial charge on any atom is -0.326 e. The molecule has 0 saturated carbocycles. The largest absolute Gasteiger partial charge is 0.326 e. The predicted molar refractivity (Wildman–Crippen MR) is 81.1 cm³/mol. The van der Waals surface area contributed by atoms with E-state index in [2.05, 4.69) is 6.92 Å². The predicted octanol–water partition coefficient (Wildman–Crippen LogP) is 2.75. The molecule has 0 radical (unpaired) electrons. The first-order valence-electron chi connectivity index (χ1n) is 7.08. The molecule has 1 saturated heterocycles. The third-order valence-electron chi connectivity index (χ3n) is 4.09. The second-order valence-electron chi connectivity index (χ2n) is 5.34. The molecule has 21 heavy (non-hydrogen) atoms. The Labute approximate surface area is 130 Å². The summed E-state index contributed by atoms with van der Waals surface area (Å²) < 4.78 is 40.4. The van der Waals surface area contributed by atoms with Gasteiger partial charge in [-0.15, -0.1) is 0 Å². The molecule has 0 amide bonds. The normalized spacial score (nSPS) is 18.1. The summed E-state index contributed by atoms with van der Waals surface area (Å²) in [5.41, 5.74) is 5.79. The zero-order valence-electron chi connectivity index (χ0n) is 12.0. The number of rotatable bonds is 4. The molecule has 0 aromatic heterocycles. The van der Waals surface area contributed by atoms with Crippen molar-refractivity contribution in [2.75, 3.05) is 13.1 Å². The fourth-order valence-corrected chi connectivity index (χ4v) is 4.34. The second kappa shape index (κ2) is 6.60. The van der Waals surface area contributed by atoms with Gasteiger partial charge in [0.15, 0.2) is 0 Å². The van der Waals surface area contributed by atoms with Crippen molar-refractivity contribution in [1.82, 2.24) is 4.31 Å². The van der Waals surface area contributed by atoms with Crippen molar-refractivity contribution in [3.63, 3.8) is 0 Å². The van der Waals surface area contributed by atoms with Gasteiger partial charge in [0.2, 0.25) is 10.0 Å². The van der Waals surface area contributed by atoms with Crippen LogP contribution in [-0.4, -0.2) is 25.8 Å². The van der Waals surface area contributed by atoms with E-state index in [0.29, 0.717) is 24.6 Å². The van der Waals surface area contributed by atoms with E-state index in [-0.39, 0.29) is 16.5 Å². The van der Waals surface area contributed by atoms with Crippen LogP contribution in [0.4, 0.5) is 4.39 Å². The standard InChI is InChI=1S/C14H20ClFN2O2S/c1-2-10-3-5-18(6-4-10)21(19,20)12-7-11(9-17)14(15)13(16)8-12/h7-8,10H,2-6,9,17H2,1H3. The van der Waals surface area contributed by atoms with Gasteiger partial charge in [-0.2, -0.15) is 4.31 Å². The number of hydrogen-bond acceptors (Lipinski definition) is 3. The maximum atomic E-state index is 13.8. The van der Waals surface area contributed by atoms with Crippen molar-refractivity contribution >= 4 is 21.6 Å². The Bertz CT molecular complexity index is 614. The summed E-state index contributed by atoms with van der Waals surface area (Å²) in [5.74, 6) is -0.181. The van der Waals surface area contributed by atoms with E-state index in [1.54, 1.807) is 0 Å². The van der Waals surface area contributed by atoms with Gasteiger partial charge >= 0.3 is 0 Å². The van der Waals surface area contributed by atoms with Gasteiger partial charge in [0.1, 0.15) is 5.82 Å². The highest BCUT2D eigenvalue weighted by Gasteiger charge is 2.29. The number of halogens is 2. The van der Waals surface area contributed by atoms with Crippen LogP contribution < -0.4 is 5.73 Å². The zero-order chi connectivity index (χ0) is 15.6. The average Bonchev–Trinajstić information content (AvgIpc) is 2.49. The molecule has 1 aliphatic heterocycles. The van der Waals surface area contributed by atoms with E-state index in [1.807, 2.05) is 0 Å². The number of sulfonamides is 1. The Hall–Kier alpha value is -0.690. The molecule has 1 fully saturated rings. The molecule has 7 heteroatoms. The van der Waals surface area contributed by atoms with Gasteiger partial charge < -0.3 is 5.73 Å². The lowest BCUT2D eigenvalue weighted by Crippen LogP contribution is -2.38. The third-order valence-corrected chi connectivity index (χ3v) is 6.39. The summed E-state index contributed by atoms with van der Waals surface area (Å²) in [4.78, 5) is -0.0696. The van der Waals surface area contributed by atoms with Gasteiger partial charge in [0, 0.05) is 19.6 Å². The molecule has 0 atom stereocenters. The first-order chi connectivity index (χ1) is 9.90. The van der Waals surface area contributed by atoms with E-state index in [0.717, 1.165) is 25.3 Å². The van der Waals surface area contributed by atoms with Gasteiger partial charge in [-0.3, -0.25) is 0 Å². The van der Waals surface area contributed by atoms with Crippen LogP contribution in [0.15, 0.2) is 17.0 Å². The van der Waals surface area contributed by atoms with E-state index >= 15 is 0 Å². The maximum absolute atomic E-state index is 13.8. The Morgan fingerprint density at radius 3 is 2.52 bits per heavy atom. The third kappa shape index (κ3) is 3.39. The topological polar surface area (TPSA) is 63.4 Å². The van der Waals surface area contributed by atoms with E-state index in [4.69, 9.17) is 17.3 Å². The molecule has 118 valence electrons. The van der Waals surface area contributed by atoms with Crippen molar-refractivity contribution in [2.45, 2.75) is 37.6 Å². The summed E-state index contributed by atoms with van der Waals surface area (Å²) in [6, 6.07) is 2.34. The monoisotopic (exact) mass is 334 g/mol. The first kappa shape index (κ1) is 16.7. The quantitative estimate of drug-likeness (QED) is 0.920. The van der Waals surface area contributed by atoms with Crippen LogP contribution in [0.1, 0.15) is 31.7 Å². The Morgan fingerprint density at radius 2 is 2.00 bits per heavy atom. The highest BCUT2D eigenvalue weighted by atomic mass is 35.5. The smallest absolute Gasteiger partial charge is 0.243 e. The first-order valence-corrected chi connectivity index (χ1v) is 8.90. The fraction of sp³-hybridized carbons (Fsp3) is 0.571. The van der Waals surface area contributed by atoms with Crippen LogP contribution in [0, 0.1) is 11.7 Å². The van der Waals surface area contributed by atoms with Crippen molar-refractivity contribution in [3.05, 3.63) is 28.5 Å². The number of nitrogens with zero attached hydrogens (tertiary/aromatic N) is 1. The van der Waals surface area contributed by atoms with Crippen molar-refractivity contribution in [2.24, 2.45) is 11.7 Å². The zero-order valence-corrected chi connectivity index (χ0v) is 13.6. The molecule has 1 heterocycles. The van der Waals surface area contributed by atoms with Gasteiger partial charge in [-0.05, 0) is 36.5 Å². The van der Waals surface area contributed by atoms with Crippen molar-refractivity contribution in [3.8, 4) is 0 Å². The molecule has 2 rings (SSSR count). The molecule has 0 aliphatic carbocycles. The number of benzene rings is 1. The van der Waals surface area contributed by atoms with Gasteiger partial charge in [-0.1, -0.05) is 24.9 Å². The SMILES string of the molecule is CCC1CCN(S(=O)(=O)c2cc(F)c(Cl)c(CN)c2)CC1. The molecule has 0 spiro atoms. The number of hydrogen-bond donors (Lipinski definition) is 1. The molecule has 1 aliphatic rings. The molecular weight excluding hydrogens is 315 g/mol. The highest BCUT2D eigenvalue weighted by molar-refractivity contribution is 7.89. The lowest BCUT2D eigenvalue weighted by molar-refractivity contribution is 0.269. The molecule has 0 bridgehead atoms. The molecule has 4 nitrogen and oxygen atoms in total. The van der Waals surface area contributed by atoms with Crippen molar-refractivity contribution in [1.29, 1.82) is 0 Å². The minimum absolute atomic E-state index is 0.00295. The summed E-state index contributed by atoms with van der Waals surface area (Å²) >= 11 is 5.78. The Balaban J connectivity index is 2.30. The molecule has 2 N–H and O–H groups in total. The Morgan fingerprint density at radius 1 is 1.38 bits per heavy atom.